The van der Waals surface area contributed by atoms with E-state index in [-0.39, 0.29) is 5.91 Å². The standard InChI is InChI=1S/C26H25N7OS/c1-16-13-17(2)33-25(27-16)30-26(31-33)35-15-19-9-5-6-11-21(19)24(34)32(4)14-23-28-18(3)20-10-7-8-12-22(20)29-23/h5-13H,14-15H2,1-4H3. The van der Waals surface area contributed by atoms with Crippen LogP contribution in [0.4, 0.5) is 0 Å². The fourth-order valence-corrected chi connectivity index (χ4v) is 4.88. The summed E-state index contributed by atoms with van der Waals surface area (Å²) in [6.07, 6.45) is 0. The Labute approximate surface area is 207 Å². The van der Waals surface area contributed by atoms with Crippen LogP contribution >= 0.6 is 11.8 Å². The summed E-state index contributed by atoms with van der Waals surface area (Å²) < 4.78 is 1.74. The molecule has 8 nitrogen and oxygen atoms in total. The molecule has 176 valence electrons. The molecule has 3 heterocycles. The molecule has 3 aromatic heterocycles. The van der Waals surface area contributed by atoms with E-state index in [1.54, 1.807) is 16.5 Å². The third kappa shape index (κ3) is 4.72. The van der Waals surface area contributed by atoms with Gasteiger partial charge in [-0.3, -0.25) is 4.79 Å². The van der Waals surface area contributed by atoms with E-state index >= 15 is 0 Å². The molecule has 9 heteroatoms. The number of rotatable bonds is 6. The van der Waals surface area contributed by atoms with E-state index in [1.165, 1.54) is 11.8 Å². The zero-order valence-corrected chi connectivity index (χ0v) is 20.9. The van der Waals surface area contributed by atoms with Gasteiger partial charge < -0.3 is 4.90 Å². The highest BCUT2D eigenvalue weighted by atomic mass is 32.2. The summed E-state index contributed by atoms with van der Waals surface area (Å²) in [4.78, 5) is 33.3. The maximum absolute atomic E-state index is 13.4. The maximum Gasteiger partial charge on any atom is 0.254 e. The summed E-state index contributed by atoms with van der Waals surface area (Å²) in [6.45, 7) is 6.21. The normalized spacial score (nSPS) is 11.3. The van der Waals surface area contributed by atoms with Gasteiger partial charge in [0.05, 0.1) is 12.1 Å². The molecular formula is C26H25N7OS. The van der Waals surface area contributed by atoms with Crippen molar-refractivity contribution < 1.29 is 4.79 Å². The quantitative estimate of drug-likeness (QED) is 0.327. The smallest absolute Gasteiger partial charge is 0.254 e. The molecule has 0 radical (unpaired) electrons. The van der Waals surface area contributed by atoms with E-state index in [0.717, 1.165) is 33.5 Å². The minimum absolute atomic E-state index is 0.0771. The predicted octanol–water partition coefficient (Wildman–Crippen LogP) is 4.56. The van der Waals surface area contributed by atoms with E-state index in [9.17, 15) is 4.79 Å². The third-order valence-electron chi connectivity index (χ3n) is 5.77. The number of aromatic nitrogens is 6. The minimum Gasteiger partial charge on any atom is -0.334 e. The largest absolute Gasteiger partial charge is 0.334 e. The molecular weight excluding hydrogens is 458 g/mol. The summed E-state index contributed by atoms with van der Waals surface area (Å²) in [5.74, 6) is 1.69. The van der Waals surface area contributed by atoms with Crippen LogP contribution < -0.4 is 0 Å². The molecule has 0 atom stereocenters. The first-order chi connectivity index (χ1) is 16.9. The molecule has 0 saturated carbocycles. The number of carbonyl (C=O) groups excluding carboxylic acids is 1. The van der Waals surface area contributed by atoms with Crippen LogP contribution in [0, 0.1) is 20.8 Å². The van der Waals surface area contributed by atoms with Gasteiger partial charge in [-0.15, -0.1) is 5.10 Å². The molecule has 0 aliphatic carbocycles. The topological polar surface area (TPSA) is 89.2 Å². The van der Waals surface area contributed by atoms with Crippen LogP contribution in [0.25, 0.3) is 16.7 Å². The Morgan fingerprint density at radius 3 is 2.60 bits per heavy atom. The number of hydrogen-bond acceptors (Lipinski definition) is 7. The fraction of sp³-hybridized carbons (Fsp3) is 0.231. The molecule has 0 spiro atoms. The van der Waals surface area contributed by atoms with E-state index in [1.807, 2.05) is 75.4 Å². The first kappa shape index (κ1) is 22.9. The SMILES string of the molecule is Cc1cc(C)n2nc(SCc3ccccc3C(=O)N(C)Cc3nc(C)c4ccccc4n3)nc2n1. The first-order valence-electron chi connectivity index (χ1n) is 11.3. The Morgan fingerprint density at radius 2 is 1.74 bits per heavy atom. The number of para-hydroxylation sites is 1. The minimum atomic E-state index is -0.0771. The van der Waals surface area contributed by atoms with Crippen molar-refractivity contribution in [1.29, 1.82) is 0 Å². The molecule has 0 aliphatic rings. The lowest BCUT2D eigenvalue weighted by atomic mass is 10.1. The highest BCUT2D eigenvalue weighted by Gasteiger charge is 2.18. The molecule has 35 heavy (non-hydrogen) atoms. The number of nitrogens with zero attached hydrogens (tertiary/aromatic N) is 7. The average Bonchev–Trinajstić information content (AvgIpc) is 3.26. The zero-order valence-electron chi connectivity index (χ0n) is 20.1. The van der Waals surface area contributed by atoms with Gasteiger partial charge >= 0.3 is 0 Å². The number of benzene rings is 2. The molecule has 0 aliphatic heterocycles. The Morgan fingerprint density at radius 1 is 0.971 bits per heavy atom. The van der Waals surface area contributed by atoms with Gasteiger partial charge in [0.25, 0.3) is 11.7 Å². The van der Waals surface area contributed by atoms with Gasteiger partial charge in [-0.2, -0.15) is 4.98 Å². The van der Waals surface area contributed by atoms with Gasteiger partial charge in [-0.25, -0.2) is 19.5 Å². The number of amides is 1. The highest BCUT2D eigenvalue weighted by molar-refractivity contribution is 7.98. The van der Waals surface area contributed by atoms with Crippen molar-refractivity contribution in [2.24, 2.45) is 0 Å². The molecule has 5 rings (SSSR count). The van der Waals surface area contributed by atoms with Crippen LogP contribution in [0.15, 0.2) is 59.8 Å². The highest BCUT2D eigenvalue weighted by Crippen LogP contribution is 2.24. The molecule has 1 amide bonds. The van der Waals surface area contributed by atoms with Crippen molar-refractivity contribution in [2.75, 3.05) is 7.05 Å². The second kappa shape index (κ2) is 9.42. The van der Waals surface area contributed by atoms with Gasteiger partial charge in [0.15, 0.2) is 0 Å². The molecule has 0 fully saturated rings. The van der Waals surface area contributed by atoms with E-state index < -0.39 is 0 Å². The van der Waals surface area contributed by atoms with Crippen LogP contribution in [0.2, 0.25) is 0 Å². The lowest BCUT2D eigenvalue weighted by molar-refractivity contribution is 0.0780. The molecule has 0 bridgehead atoms. The Hall–Kier alpha value is -3.85. The van der Waals surface area contributed by atoms with Gasteiger partial charge in [-0.1, -0.05) is 48.2 Å². The van der Waals surface area contributed by atoms with Gasteiger partial charge in [0.2, 0.25) is 5.16 Å². The van der Waals surface area contributed by atoms with Crippen molar-refractivity contribution in [3.63, 3.8) is 0 Å². The number of aryl methyl sites for hydroxylation is 3. The van der Waals surface area contributed by atoms with Crippen LogP contribution in [0.3, 0.4) is 0 Å². The maximum atomic E-state index is 13.4. The van der Waals surface area contributed by atoms with E-state index in [2.05, 4.69) is 25.0 Å². The average molecular weight is 484 g/mol. The van der Waals surface area contributed by atoms with Crippen molar-refractivity contribution >= 4 is 34.3 Å². The van der Waals surface area contributed by atoms with Gasteiger partial charge in [0, 0.05) is 40.8 Å². The number of thioether (sulfide) groups is 1. The summed E-state index contributed by atoms with van der Waals surface area (Å²) >= 11 is 1.49. The number of fused-ring (bicyclic) bond motifs is 2. The summed E-state index contributed by atoms with van der Waals surface area (Å²) in [6, 6.07) is 17.5. The monoisotopic (exact) mass is 483 g/mol. The fourth-order valence-electron chi connectivity index (χ4n) is 4.06. The lowest BCUT2D eigenvalue weighted by Gasteiger charge is -2.18. The summed E-state index contributed by atoms with van der Waals surface area (Å²) in [5, 5.41) is 6.21. The molecule has 5 aromatic rings. The molecule has 0 unspecified atom stereocenters. The Balaban J connectivity index is 1.34. The summed E-state index contributed by atoms with van der Waals surface area (Å²) in [7, 11) is 1.78. The Kier molecular flexibility index (Phi) is 6.17. The van der Waals surface area contributed by atoms with E-state index in [4.69, 9.17) is 0 Å². The molecule has 0 saturated heterocycles. The van der Waals surface area contributed by atoms with Crippen LogP contribution in [0.5, 0.6) is 0 Å². The van der Waals surface area contributed by atoms with Crippen molar-refractivity contribution in [3.8, 4) is 0 Å². The van der Waals surface area contributed by atoms with E-state index in [0.29, 0.717) is 34.6 Å². The lowest BCUT2D eigenvalue weighted by Crippen LogP contribution is -2.28. The zero-order chi connectivity index (χ0) is 24.5. The molecule has 2 aromatic carbocycles. The number of carbonyl (C=O) groups is 1. The second-order valence-electron chi connectivity index (χ2n) is 8.49. The summed E-state index contributed by atoms with van der Waals surface area (Å²) in [5.41, 5.74) is 5.24. The predicted molar refractivity (Wildman–Crippen MR) is 136 cm³/mol. The van der Waals surface area contributed by atoms with Gasteiger partial charge in [0.1, 0.15) is 5.82 Å². The second-order valence-corrected chi connectivity index (χ2v) is 9.44. The third-order valence-corrected chi connectivity index (χ3v) is 6.66. The Bertz CT molecular complexity index is 1560. The van der Waals surface area contributed by atoms with Crippen LogP contribution in [0.1, 0.15) is 38.8 Å². The molecule has 0 N–H and O–H groups in total. The van der Waals surface area contributed by atoms with Crippen LogP contribution in [-0.4, -0.2) is 47.4 Å². The van der Waals surface area contributed by atoms with Crippen molar-refractivity contribution in [1.82, 2.24) is 34.4 Å². The van der Waals surface area contributed by atoms with Crippen molar-refractivity contribution in [3.05, 3.63) is 88.6 Å². The first-order valence-corrected chi connectivity index (χ1v) is 12.3. The number of hydrogen-bond donors (Lipinski definition) is 0. The van der Waals surface area contributed by atoms with Crippen LogP contribution in [-0.2, 0) is 12.3 Å². The van der Waals surface area contributed by atoms with Crippen molar-refractivity contribution in [2.45, 2.75) is 38.2 Å². The van der Waals surface area contributed by atoms with Gasteiger partial charge in [-0.05, 0) is 44.5 Å².